The van der Waals surface area contributed by atoms with Crippen LogP contribution in [0, 0.1) is 24.1 Å². The average Bonchev–Trinajstić information content (AvgIpc) is 2.78. The molecule has 0 aliphatic heterocycles. The van der Waals surface area contributed by atoms with Crippen molar-refractivity contribution in [2.75, 3.05) is 19.0 Å². The van der Waals surface area contributed by atoms with Crippen LogP contribution in [0.1, 0.15) is 16.7 Å². The third kappa shape index (κ3) is 5.65. The minimum absolute atomic E-state index is 0.132. The fraction of sp³-hybridized carbons (Fsp3) is 0.120. The number of nitrogens with zero attached hydrogens (tertiary/aromatic N) is 1. The maximum absolute atomic E-state index is 14.1. The second-order valence-corrected chi connectivity index (χ2v) is 7.29. The molecule has 0 bridgehead atoms. The molecule has 0 unspecified atom stereocenters. The number of rotatable bonds is 7. The van der Waals surface area contributed by atoms with Gasteiger partial charge in [0.05, 0.1) is 23.8 Å². The highest BCUT2D eigenvalue weighted by Gasteiger charge is 2.15. The summed E-state index contributed by atoms with van der Waals surface area (Å²) in [5, 5.41) is 12.4. The third-order valence-electron chi connectivity index (χ3n) is 4.53. The molecule has 1 N–H and O–H groups in total. The number of amides is 1. The molecule has 0 atom stereocenters. The number of benzene rings is 3. The summed E-state index contributed by atoms with van der Waals surface area (Å²) in [6.07, 6.45) is 1.50. The number of hydrogen-bond acceptors (Lipinski definition) is 4. The zero-order chi connectivity index (χ0) is 23.1. The second kappa shape index (κ2) is 10.5. The van der Waals surface area contributed by atoms with Crippen LogP contribution < -0.4 is 14.8 Å². The first-order chi connectivity index (χ1) is 15.4. The van der Waals surface area contributed by atoms with E-state index in [1.165, 1.54) is 25.3 Å². The summed E-state index contributed by atoms with van der Waals surface area (Å²) in [5.41, 5.74) is 2.56. The smallest absolute Gasteiger partial charge is 0.262 e. The van der Waals surface area contributed by atoms with Gasteiger partial charge in [-0.1, -0.05) is 47.5 Å². The van der Waals surface area contributed by atoms with Crippen molar-refractivity contribution in [1.29, 1.82) is 5.26 Å². The van der Waals surface area contributed by atoms with Crippen molar-refractivity contribution < 1.29 is 18.7 Å². The minimum Gasteiger partial charge on any atom is -0.493 e. The van der Waals surface area contributed by atoms with E-state index in [1.807, 2.05) is 25.1 Å². The monoisotopic (exact) mass is 450 g/mol. The molecule has 3 rings (SSSR count). The summed E-state index contributed by atoms with van der Waals surface area (Å²) in [6.45, 7) is 1.68. The van der Waals surface area contributed by atoms with Crippen LogP contribution in [-0.2, 0) is 4.79 Å². The van der Waals surface area contributed by atoms with Gasteiger partial charge in [0.2, 0.25) is 0 Å². The molecule has 0 aliphatic rings. The normalized spacial score (nSPS) is 10.9. The Morgan fingerprint density at radius 1 is 1.19 bits per heavy atom. The summed E-state index contributed by atoms with van der Waals surface area (Å²) < 4.78 is 25.0. The highest BCUT2D eigenvalue weighted by Crippen LogP contribution is 2.37. The van der Waals surface area contributed by atoms with Gasteiger partial charge >= 0.3 is 0 Å². The Kier molecular flexibility index (Phi) is 7.48. The highest BCUT2D eigenvalue weighted by atomic mass is 35.5. The Bertz CT molecular complexity index is 1200. The van der Waals surface area contributed by atoms with Crippen molar-refractivity contribution >= 4 is 34.8 Å². The molecule has 0 heterocycles. The van der Waals surface area contributed by atoms with Crippen LogP contribution in [0.2, 0.25) is 5.02 Å². The summed E-state index contributed by atoms with van der Waals surface area (Å²) in [5.74, 6) is -0.396. The number of nitrogens with one attached hydrogen (secondary N) is 1. The predicted octanol–water partition coefficient (Wildman–Crippen LogP) is 5.88. The van der Waals surface area contributed by atoms with Crippen molar-refractivity contribution in [1.82, 2.24) is 0 Å². The van der Waals surface area contributed by atoms with Crippen molar-refractivity contribution in [3.05, 3.63) is 88.2 Å². The molecule has 0 aromatic heterocycles. The Labute approximate surface area is 190 Å². The summed E-state index contributed by atoms with van der Waals surface area (Å²) in [7, 11) is 1.43. The number of anilines is 1. The zero-order valence-corrected chi connectivity index (χ0v) is 18.2. The van der Waals surface area contributed by atoms with Gasteiger partial charge in [-0.25, -0.2) is 4.39 Å². The van der Waals surface area contributed by atoms with Crippen LogP contribution >= 0.6 is 11.6 Å². The summed E-state index contributed by atoms with van der Waals surface area (Å²) in [6, 6.07) is 18.5. The molecule has 32 heavy (non-hydrogen) atoms. The lowest BCUT2D eigenvalue weighted by Gasteiger charge is -2.14. The standard InChI is InChI=1S/C25H20ClFN2O3/c1-16-7-9-19(10-8-16)29-24(30)15-32-25-21(26)12-17(13-23(25)31-2)11-18(14-28)20-5-3-4-6-22(20)27/h3-13H,15H2,1-2H3,(H,29,30)/b18-11-. The number of aryl methyl sites for hydroxylation is 1. The molecule has 0 saturated carbocycles. The van der Waals surface area contributed by atoms with Gasteiger partial charge < -0.3 is 14.8 Å². The number of halogens is 2. The SMILES string of the molecule is COc1cc(/C=C(/C#N)c2ccccc2F)cc(Cl)c1OCC(=O)Nc1ccc(C)cc1. The Morgan fingerprint density at radius 2 is 1.91 bits per heavy atom. The Hall–Kier alpha value is -3.82. The van der Waals surface area contributed by atoms with E-state index in [2.05, 4.69) is 5.32 Å². The predicted molar refractivity (Wildman–Crippen MR) is 123 cm³/mol. The van der Waals surface area contributed by atoms with Crippen molar-refractivity contribution in [3.8, 4) is 17.6 Å². The lowest BCUT2D eigenvalue weighted by molar-refractivity contribution is -0.118. The van der Waals surface area contributed by atoms with Gasteiger partial charge in [-0.3, -0.25) is 4.79 Å². The van der Waals surface area contributed by atoms with Gasteiger partial charge in [-0.2, -0.15) is 5.26 Å². The number of allylic oxidation sites excluding steroid dienone is 1. The molecule has 0 radical (unpaired) electrons. The van der Waals surface area contributed by atoms with Crippen LogP contribution in [0.25, 0.3) is 11.6 Å². The van der Waals surface area contributed by atoms with E-state index in [0.29, 0.717) is 11.3 Å². The Balaban J connectivity index is 1.79. The minimum atomic E-state index is -0.502. The first-order valence-corrected chi connectivity index (χ1v) is 10.0. The third-order valence-corrected chi connectivity index (χ3v) is 4.81. The van der Waals surface area contributed by atoms with Crippen LogP contribution in [-0.4, -0.2) is 19.6 Å². The fourth-order valence-electron chi connectivity index (χ4n) is 2.95. The molecular formula is C25H20ClFN2O3. The van der Waals surface area contributed by atoms with Crippen molar-refractivity contribution in [2.24, 2.45) is 0 Å². The topological polar surface area (TPSA) is 71.3 Å². The highest BCUT2D eigenvalue weighted by molar-refractivity contribution is 6.32. The molecule has 162 valence electrons. The van der Waals surface area contributed by atoms with Gasteiger partial charge in [-0.15, -0.1) is 0 Å². The van der Waals surface area contributed by atoms with E-state index in [9.17, 15) is 14.4 Å². The molecule has 7 heteroatoms. The number of ether oxygens (including phenoxy) is 2. The van der Waals surface area contributed by atoms with Crippen LogP contribution in [0.5, 0.6) is 11.5 Å². The van der Waals surface area contributed by atoms with Crippen molar-refractivity contribution in [3.63, 3.8) is 0 Å². The van der Waals surface area contributed by atoms with Gasteiger partial charge in [0, 0.05) is 11.3 Å². The quantitative estimate of drug-likeness (QED) is 0.360. The molecule has 3 aromatic carbocycles. The number of carbonyl (C=O) groups excluding carboxylic acids is 1. The molecule has 0 fully saturated rings. The van der Waals surface area contributed by atoms with E-state index in [-0.39, 0.29) is 40.2 Å². The molecule has 5 nitrogen and oxygen atoms in total. The van der Waals surface area contributed by atoms with Crippen LogP contribution in [0.3, 0.4) is 0 Å². The van der Waals surface area contributed by atoms with E-state index in [4.69, 9.17) is 21.1 Å². The first kappa shape index (κ1) is 22.9. The lowest BCUT2D eigenvalue weighted by Crippen LogP contribution is -2.20. The number of nitriles is 1. The molecule has 3 aromatic rings. The van der Waals surface area contributed by atoms with E-state index < -0.39 is 5.82 Å². The second-order valence-electron chi connectivity index (χ2n) is 6.89. The van der Waals surface area contributed by atoms with Gasteiger partial charge in [-0.05, 0) is 48.9 Å². The average molecular weight is 451 g/mol. The van der Waals surface area contributed by atoms with Crippen molar-refractivity contribution in [2.45, 2.75) is 6.92 Å². The fourth-order valence-corrected chi connectivity index (χ4v) is 3.23. The molecule has 1 amide bonds. The molecule has 0 aliphatic carbocycles. The number of methoxy groups -OCH3 is 1. The van der Waals surface area contributed by atoms with Gasteiger partial charge in [0.1, 0.15) is 5.82 Å². The van der Waals surface area contributed by atoms with Crippen LogP contribution in [0.4, 0.5) is 10.1 Å². The van der Waals surface area contributed by atoms with E-state index in [1.54, 1.807) is 36.4 Å². The van der Waals surface area contributed by atoms with E-state index in [0.717, 1.165) is 5.56 Å². The molecule has 0 saturated heterocycles. The maximum atomic E-state index is 14.1. The van der Waals surface area contributed by atoms with Gasteiger partial charge in [0.15, 0.2) is 18.1 Å². The largest absolute Gasteiger partial charge is 0.493 e. The lowest BCUT2D eigenvalue weighted by atomic mass is 10.0. The Morgan fingerprint density at radius 3 is 2.56 bits per heavy atom. The zero-order valence-electron chi connectivity index (χ0n) is 17.5. The van der Waals surface area contributed by atoms with E-state index >= 15 is 0 Å². The summed E-state index contributed by atoms with van der Waals surface area (Å²) >= 11 is 6.36. The number of hydrogen-bond donors (Lipinski definition) is 1. The van der Waals surface area contributed by atoms with Gasteiger partial charge in [0.25, 0.3) is 5.91 Å². The summed E-state index contributed by atoms with van der Waals surface area (Å²) in [4.78, 5) is 12.2. The molecular weight excluding hydrogens is 431 g/mol. The first-order valence-electron chi connectivity index (χ1n) is 9.65. The molecule has 0 spiro atoms. The number of carbonyl (C=O) groups is 1. The maximum Gasteiger partial charge on any atom is 0.262 e. The van der Waals surface area contributed by atoms with Crippen LogP contribution in [0.15, 0.2) is 60.7 Å².